The van der Waals surface area contributed by atoms with E-state index in [1.54, 1.807) is 11.3 Å². The lowest BCUT2D eigenvalue weighted by Crippen LogP contribution is -2.30. The van der Waals surface area contributed by atoms with Crippen molar-refractivity contribution < 1.29 is 10.2 Å². The van der Waals surface area contributed by atoms with Crippen molar-refractivity contribution in [3.63, 3.8) is 0 Å². The highest BCUT2D eigenvalue weighted by molar-refractivity contribution is 7.09. The Kier molecular flexibility index (Phi) is 5.00. The monoisotopic (exact) mass is 201 g/mol. The van der Waals surface area contributed by atoms with Crippen LogP contribution in [0.2, 0.25) is 0 Å². The fraction of sp³-hybridized carbons (Fsp3) is 0.556. The third-order valence-corrected chi connectivity index (χ3v) is 2.66. The van der Waals surface area contributed by atoms with Crippen LogP contribution in [0.15, 0.2) is 17.5 Å². The molecule has 1 atom stereocenters. The zero-order valence-corrected chi connectivity index (χ0v) is 8.26. The molecule has 13 heavy (non-hydrogen) atoms. The minimum absolute atomic E-state index is 0.175. The molecular weight excluding hydrogens is 186 g/mol. The van der Waals surface area contributed by atoms with Gasteiger partial charge in [0, 0.05) is 18.0 Å². The number of aliphatic hydroxyl groups is 2. The van der Waals surface area contributed by atoms with Crippen LogP contribution in [0.3, 0.4) is 0 Å². The number of hydrogen-bond acceptors (Lipinski definition) is 4. The van der Waals surface area contributed by atoms with Crippen LogP contribution in [0, 0.1) is 0 Å². The first-order chi connectivity index (χ1) is 6.33. The summed E-state index contributed by atoms with van der Waals surface area (Å²) in [5, 5.41) is 22.7. The lowest BCUT2D eigenvalue weighted by atomic mass is 10.3. The summed E-state index contributed by atoms with van der Waals surface area (Å²) in [5.41, 5.74) is 0. The Labute approximate surface area is 82.0 Å². The fourth-order valence-corrected chi connectivity index (χ4v) is 1.71. The van der Waals surface area contributed by atoms with Crippen LogP contribution in [-0.4, -0.2) is 36.0 Å². The molecule has 3 nitrogen and oxygen atoms in total. The van der Waals surface area contributed by atoms with Crippen molar-refractivity contribution in [1.29, 1.82) is 0 Å². The Morgan fingerprint density at radius 2 is 2.38 bits per heavy atom. The van der Waals surface area contributed by atoms with Gasteiger partial charge in [0.05, 0.1) is 12.7 Å². The number of hydrogen-bond donors (Lipinski definition) is 3. The molecule has 1 aromatic heterocycles. The fourth-order valence-electron chi connectivity index (χ4n) is 1.000. The normalized spacial score (nSPS) is 13.1. The van der Waals surface area contributed by atoms with Crippen LogP contribution >= 0.6 is 11.3 Å². The molecule has 0 radical (unpaired) electrons. The van der Waals surface area contributed by atoms with E-state index >= 15 is 0 Å². The van der Waals surface area contributed by atoms with Gasteiger partial charge in [0.2, 0.25) is 0 Å². The van der Waals surface area contributed by atoms with Crippen molar-refractivity contribution in [2.75, 3.05) is 19.7 Å². The van der Waals surface area contributed by atoms with E-state index < -0.39 is 6.10 Å². The van der Waals surface area contributed by atoms with Gasteiger partial charge in [-0.05, 0) is 17.9 Å². The van der Waals surface area contributed by atoms with Crippen LogP contribution in [0.1, 0.15) is 4.88 Å². The Morgan fingerprint density at radius 3 is 3.00 bits per heavy atom. The van der Waals surface area contributed by atoms with Crippen molar-refractivity contribution in [1.82, 2.24) is 5.32 Å². The molecule has 0 saturated heterocycles. The standard InChI is InChI=1S/C9H15NO2S/c11-7-8(12)6-10-4-3-9-2-1-5-13-9/h1-2,5,8,10-12H,3-4,6-7H2/t8-/m0/s1. The summed E-state index contributed by atoms with van der Waals surface area (Å²) in [6, 6.07) is 4.12. The first kappa shape index (κ1) is 10.7. The molecule has 1 rings (SSSR count). The molecule has 3 N–H and O–H groups in total. The maximum atomic E-state index is 9.01. The van der Waals surface area contributed by atoms with Crippen molar-refractivity contribution in [2.45, 2.75) is 12.5 Å². The van der Waals surface area contributed by atoms with Crippen LogP contribution < -0.4 is 5.32 Å². The quantitative estimate of drug-likeness (QED) is 0.578. The van der Waals surface area contributed by atoms with E-state index in [2.05, 4.69) is 16.8 Å². The minimum Gasteiger partial charge on any atom is -0.394 e. The van der Waals surface area contributed by atoms with E-state index in [1.807, 2.05) is 6.07 Å². The predicted molar refractivity (Wildman–Crippen MR) is 54.0 cm³/mol. The number of thiophene rings is 1. The molecule has 0 saturated carbocycles. The van der Waals surface area contributed by atoms with Gasteiger partial charge in [-0.1, -0.05) is 6.07 Å². The summed E-state index contributed by atoms with van der Waals surface area (Å²) in [5.74, 6) is 0. The summed E-state index contributed by atoms with van der Waals surface area (Å²) < 4.78 is 0. The summed E-state index contributed by atoms with van der Waals surface area (Å²) in [7, 11) is 0. The van der Waals surface area contributed by atoms with E-state index in [-0.39, 0.29) is 6.61 Å². The first-order valence-electron chi connectivity index (χ1n) is 4.35. The summed E-state index contributed by atoms with van der Waals surface area (Å²) in [6.45, 7) is 1.13. The topological polar surface area (TPSA) is 52.5 Å². The van der Waals surface area contributed by atoms with Gasteiger partial charge in [-0.3, -0.25) is 0 Å². The average molecular weight is 201 g/mol. The van der Waals surface area contributed by atoms with Gasteiger partial charge >= 0.3 is 0 Å². The molecule has 1 aromatic rings. The molecule has 74 valence electrons. The molecule has 0 amide bonds. The SMILES string of the molecule is OC[C@@H](O)CNCCc1cccs1. The largest absolute Gasteiger partial charge is 0.394 e. The lowest BCUT2D eigenvalue weighted by Gasteiger charge is -2.07. The first-order valence-corrected chi connectivity index (χ1v) is 5.23. The van der Waals surface area contributed by atoms with Crippen LogP contribution in [0.5, 0.6) is 0 Å². The van der Waals surface area contributed by atoms with Gasteiger partial charge in [-0.2, -0.15) is 0 Å². The highest BCUT2D eigenvalue weighted by Gasteiger charge is 2.00. The summed E-state index contributed by atoms with van der Waals surface area (Å²) in [6.07, 6.45) is 0.346. The van der Waals surface area contributed by atoms with Gasteiger partial charge in [0.1, 0.15) is 0 Å². The Bertz CT molecular complexity index is 213. The molecule has 0 spiro atoms. The predicted octanol–water partition coefficient (Wildman–Crippen LogP) is 0.233. The molecule has 0 aliphatic carbocycles. The zero-order chi connectivity index (χ0) is 9.52. The maximum Gasteiger partial charge on any atom is 0.0894 e. The Balaban J connectivity index is 2.02. The molecule has 0 bridgehead atoms. The van der Waals surface area contributed by atoms with Crippen molar-refractivity contribution in [3.05, 3.63) is 22.4 Å². The molecule has 0 aliphatic rings. The molecular formula is C9H15NO2S. The summed E-state index contributed by atoms with van der Waals surface area (Å²) in [4.78, 5) is 1.34. The maximum absolute atomic E-state index is 9.01. The smallest absolute Gasteiger partial charge is 0.0894 e. The Morgan fingerprint density at radius 1 is 1.54 bits per heavy atom. The number of rotatable bonds is 6. The highest BCUT2D eigenvalue weighted by atomic mass is 32.1. The second-order valence-corrected chi connectivity index (χ2v) is 3.90. The molecule has 0 fully saturated rings. The number of aliphatic hydroxyl groups excluding tert-OH is 2. The van der Waals surface area contributed by atoms with Crippen LogP contribution in [-0.2, 0) is 6.42 Å². The van der Waals surface area contributed by atoms with Gasteiger partial charge in [0.15, 0.2) is 0 Å². The molecule has 4 heteroatoms. The molecule has 0 aliphatic heterocycles. The molecule has 1 heterocycles. The molecule has 0 unspecified atom stereocenters. The van der Waals surface area contributed by atoms with Crippen molar-refractivity contribution >= 4 is 11.3 Å². The van der Waals surface area contributed by atoms with E-state index in [4.69, 9.17) is 10.2 Å². The van der Waals surface area contributed by atoms with Crippen LogP contribution in [0.25, 0.3) is 0 Å². The minimum atomic E-state index is -0.636. The average Bonchev–Trinajstić information content (AvgIpc) is 2.64. The third kappa shape index (κ3) is 4.38. The van der Waals surface area contributed by atoms with Crippen LogP contribution in [0.4, 0.5) is 0 Å². The van der Waals surface area contributed by atoms with E-state index in [0.717, 1.165) is 13.0 Å². The zero-order valence-electron chi connectivity index (χ0n) is 7.44. The van der Waals surface area contributed by atoms with Gasteiger partial charge < -0.3 is 15.5 Å². The van der Waals surface area contributed by atoms with E-state index in [9.17, 15) is 0 Å². The van der Waals surface area contributed by atoms with Crippen molar-refractivity contribution in [2.24, 2.45) is 0 Å². The third-order valence-electron chi connectivity index (χ3n) is 1.72. The summed E-state index contributed by atoms with van der Waals surface area (Å²) >= 11 is 1.74. The second-order valence-electron chi connectivity index (χ2n) is 2.87. The number of nitrogens with one attached hydrogen (secondary N) is 1. The van der Waals surface area contributed by atoms with E-state index in [0.29, 0.717) is 6.54 Å². The van der Waals surface area contributed by atoms with E-state index in [1.165, 1.54) is 4.88 Å². The van der Waals surface area contributed by atoms with Gasteiger partial charge in [-0.25, -0.2) is 0 Å². The van der Waals surface area contributed by atoms with Gasteiger partial charge in [0.25, 0.3) is 0 Å². The Hall–Kier alpha value is -0.420. The lowest BCUT2D eigenvalue weighted by molar-refractivity contribution is 0.0947. The van der Waals surface area contributed by atoms with Gasteiger partial charge in [-0.15, -0.1) is 11.3 Å². The van der Waals surface area contributed by atoms with Crippen molar-refractivity contribution in [3.8, 4) is 0 Å². The molecule has 0 aromatic carbocycles. The second kappa shape index (κ2) is 6.10. The highest BCUT2D eigenvalue weighted by Crippen LogP contribution is 2.07.